The van der Waals surface area contributed by atoms with Crippen molar-refractivity contribution < 1.29 is 4.74 Å². The van der Waals surface area contributed by atoms with E-state index in [9.17, 15) is 0 Å². The standard InChI is InChI=1S/C20H24N2O/c1-15-4-9-20-19(12-15)21-14-18(23-20)13-16-5-7-17(8-6-16)22-10-2-3-11-22/h4-9,12,18,21H,2-3,10-11,13-14H2,1H3. The molecule has 1 fully saturated rings. The zero-order valence-electron chi connectivity index (χ0n) is 13.7. The quantitative estimate of drug-likeness (QED) is 0.927. The highest BCUT2D eigenvalue weighted by molar-refractivity contribution is 5.59. The van der Waals surface area contributed by atoms with Crippen molar-refractivity contribution in [1.82, 2.24) is 0 Å². The number of rotatable bonds is 3. The zero-order valence-corrected chi connectivity index (χ0v) is 13.7. The van der Waals surface area contributed by atoms with Crippen molar-refractivity contribution in [3.05, 3.63) is 53.6 Å². The van der Waals surface area contributed by atoms with Gasteiger partial charge in [-0.05, 0) is 55.2 Å². The molecule has 0 amide bonds. The van der Waals surface area contributed by atoms with Crippen molar-refractivity contribution in [2.24, 2.45) is 0 Å². The summed E-state index contributed by atoms with van der Waals surface area (Å²) in [4.78, 5) is 2.47. The molecule has 1 atom stereocenters. The average Bonchev–Trinajstić information content (AvgIpc) is 3.10. The minimum atomic E-state index is 0.197. The third kappa shape index (κ3) is 3.14. The Balaban J connectivity index is 1.41. The molecule has 23 heavy (non-hydrogen) atoms. The van der Waals surface area contributed by atoms with Crippen molar-refractivity contribution in [2.45, 2.75) is 32.3 Å². The highest BCUT2D eigenvalue weighted by Crippen LogP contribution is 2.30. The van der Waals surface area contributed by atoms with Gasteiger partial charge in [-0.1, -0.05) is 18.2 Å². The van der Waals surface area contributed by atoms with E-state index in [0.717, 1.165) is 24.4 Å². The molecule has 0 saturated carbocycles. The number of hydrogen-bond donors (Lipinski definition) is 1. The van der Waals surface area contributed by atoms with Crippen LogP contribution in [0, 0.1) is 6.92 Å². The lowest BCUT2D eigenvalue weighted by atomic mass is 10.1. The fourth-order valence-corrected chi connectivity index (χ4v) is 3.52. The Kier molecular flexibility index (Phi) is 3.86. The molecule has 0 radical (unpaired) electrons. The Morgan fingerprint density at radius 1 is 1.09 bits per heavy atom. The predicted molar refractivity (Wildman–Crippen MR) is 95.7 cm³/mol. The van der Waals surface area contributed by atoms with Gasteiger partial charge in [0.1, 0.15) is 11.9 Å². The van der Waals surface area contributed by atoms with Crippen LogP contribution in [-0.4, -0.2) is 25.7 Å². The first-order valence-corrected chi connectivity index (χ1v) is 8.63. The van der Waals surface area contributed by atoms with Crippen LogP contribution in [0.15, 0.2) is 42.5 Å². The summed E-state index contributed by atoms with van der Waals surface area (Å²) in [5.41, 5.74) is 5.08. The fraction of sp³-hybridized carbons (Fsp3) is 0.400. The van der Waals surface area contributed by atoms with Crippen molar-refractivity contribution in [3.8, 4) is 5.75 Å². The van der Waals surface area contributed by atoms with E-state index in [1.54, 1.807) is 0 Å². The molecular weight excluding hydrogens is 284 g/mol. The number of aryl methyl sites for hydroxylation is 1. The summed E-state index contributed by atoms with van der Waals surface area (Å²) >= 11 is 0. The van der Waals surface area contributed by atoms with E-state index in [1.807, 2.05) is 0 Å². The molecule has 4 rings (SSSR count). The molecule has 0 bridgehead atoms. The molecule has 2 heterocycles. The summed E-state index contributed by atoms with van der Waals surface area (Å²) in [6.07, 6.45) is 3.79. The predicted octanol–water partition coefficient (Wildman–Crippen LogP) is 4.01. The van der Waals surface area contributed by atoms with Crippen LogP contribution < -0.4 is 15.0 Å². The summed E-state index contributed by atoms with van der Waals surface area (Å²) in [6.45, 7) is 5.37. The summed E-state index contributed by atoms with van der Waals surface area (Å²) in [7, 11) is 0. The van der Waals surface area contributed by atoms with Crippen LogP contribution in [0.5, 0.6) is 5.75 Å². The van der Waals surface area contributed by atoms with Crippen LogP contribution >= 0.6 is 0 Å². The molecule has 1 N–H and O–H groups in total. The van der Waals surface area contributed by atoms with Crippen LogP contribution in [0.25, 0.3) is 0 Å². The lowest BCUT2D eigenvalue weighted by Crippen LogP contribution is -2.32. The average molecular weight is 308 g/mol. The number of fused-ring (bicyclic) bond motifs is 1. The molecule has 120 valence electrons. The molecule has 3 heteroatoms. The third-order valence-electron chi connectivity index (χ3n) is 4.82. The van der Waals surface area contributed by atoms with Gasteiger partial charge in [0.05, 0.1) is 12.2 Å². The minimum absolute atomic E-state index is 0.197. The largest absolute Gasteiger partial charge is 0.486 e. The number of anilines is 2. The summed E-state index contributed by atoms with van der Waals surface area (Å²) in [6, 6.07) is 15.3. The molecule has 2 aromatic rings. The summed E-state index contributed by atoms with van der Waals surface area (Å²) < 4.78 is 6.15. The molecule has 2 aromatic carbocycles. The first-order chi connectivity index (χ1) is 11.3. The molecule has 3 nitrogen and oxygen atoms in total. The van der Waals surface area contributed by atoms with Gasteiger partial charge in [-0.15, -0.1) is 0 Å². The molecular formula is C20H24N2O. The van der Waals surface area contributed by atoms with Crippen molar-refractivity contribution in [1.29, 1.82) is 0 Å². The van der Waals surface area contributed by atoms with E-state index < -0.39 is 0 Å². The highest BCUT2D eigenvalue weighted by Gasteiger charge is 2.20. The lowest BCUT2D eigenvalue weighted by Gasteiger charge is -2.28. The molecule has 0 aromatic heterocycles. The van der Waals surface area contributed by atoms with E-state index in [-0.39, 0.29) is 6.10 Å². The topological polar surface area (TPSA) is 24.5 Å². The second-order valence-electron chi connectivity index (χ2n) is 6.69. The molecule has 2 aliphatic heterocycles. The number of nitrogens with one attached hydrogen (secondary N) is 1. The Morgan fingerprint density at radius 3 is 2.65 bits per heavy atom. The minimum Gasteiger partial charge on any atom is -0.486 e. The van der Waals surface area contributed by atoms with Gasteiger partial charge in [0.15, 0.2) is 0 Å². The van der Waals surface area contributed by atoms with E-state index in [2.05, 4.69) is 59.6 Å². The first-order valence-electron chi connectivity index (χ1n) is 8.63. The maximum Gasteiger partial charge on any atom is 0.142 e. The molecule has 2 aliphatic rings. The van der Waals surface area contributed by atoms with Crippen LogP contribution in [0.4, 0.5) is 11.4 Å². The third-order valence-corrected chi connectivity index (χ3v) is 4.82. The molecule has 1 unspecified atom stereocenters. The Hall–Kier alpha value is -2.16. The first kappa shape index (κ1) is 14.4. The molecule has 1 saturated heterocycles. The Bertz CT molecular complexity index is 675. The normalized spacial score (nSPS) is 19.9. The highest BCUT2D eigenvalue weighted by atomic mass is 16.5. The van der Waals surface area contributed by atoms with Crippen LogP contribution in [-0.2, 0) is 6.42 Å². The monoisotopic (exact) mass is 308 g/mol. The van der Waals surface area contributed by atoms with Gasteiger partial charge < -0.3 is 15.0 Å². The Labute approximate surface area is 138 Å². The van der Waals surface area contributed by atoms with Crippen molar-refractivity contribution >= 4 is 11.4 Å². The van der Waals surface area contributed by atoms with Crippen LogP contribution in [0.2, 0.25) is 0 Å². The molecule has 0 aliphatic carbocycles. The van der Waals surface area contributed by atoms with Crippen LogP contribution in [0.3, 0.4) is 0 Å². The maximum atomic E-state index is 6.15. The van der Waals surface area contributed by atoms with E-state index >= 15 is 0 Å². The lowest BCUT2D eigenvalue weighted by molar-refractivity contribution is 0.206. The van der Waals surface area contributed by atoms with Gasteiger partial charge in [-0.2, -0.15) is 0 Å². The number of hydrogen-bond acceptors (Lipinski definition) is 3. The SMILES string of the molecule is Cc1ccc2c(c1)NCC(Cc1ccc(N3CCCC3)cc1)O2. The fourth-order valence-electron chi connectivity index (χ4n) is 3.52. The van der Waals surface area contributed by atoms with E-state index in [0.29, 0.717) is 0 Å². The number of ether oxygens (including phenoxy) is 1. The van der Waals surface area contributed by atoms with Gasteiger partial charge in [-0.3, -0.25) is 0 Å². The van der Waals surface area contributed by atoms with Gasteiger partial charge >= 0.3 is 0 Å². The van der Waals surface area contributed by atoms with Gasteiger partial charge in [0.25, 0.3) is 0 Å². The summed E-state index contributed by atoms with van der Waals surface area (Å²) in [5.74, 6) is 0.973. The number of nitrogens with zero attached hydrogens (tertiary/aromatic N) is 1. The van der Waals surface area contributed by atoms with Gasteiger partial charge in [0.2, 0.25) is 0 Å². The maximum absolute atomic E-state index is 6.15. The van der Waals surface area contributed by atoms with Crippen LogP contribution in [0.1, 0.15) is 24.0 Å². The van der Waals surface area contributed by atoms with E-state index in [4.69, 9.17) is 4.74 Å². The second kappa shape index (κ2) is 6.15. The number of benzene rings is 2. The summed E-state index contributed by atoms with van der Waals surface area (Å²) in [5, 5.41) is 3.50. The molecule has 0 spiro atoms. The smallest absolute Gasteiger partial charge is 0.142 e. The van der Waals surface area contributed by atoms with Gasteiger partial charge in [0, 0.05) is 25.2 Å². The Morgan fingerprint density at radius 2 is 1.87 bits per heavy atom. The van der Waals surface area contributed by atoms with Crippen molar-refractivity contribution in [3.63, 3.8) is 0 Å². The second-order valence-corrected chi connectivity index (χ2v) is 6.69. The zero-order chi connectivity index (χ0) is 15.6. The van der Waals surface area contributed by atoms with E-state index in [1.165, 1.54) is 42.7 Å². The van der Waals surface area contributed by atoms with Gasteiger partial charge in [-0.25, -0.2) is 0 Å². The van der Waals surface area contributed by atoms with Crippen molar-refractivity contribution in [2.75, 3.05) is 29.9 Å².